The number of nitrogens with zero attached hydrogens (tertiary/aromatic N) is 5. The van der Waals surface area contributed by atoms with E-state index in [1.807, 2.05) is 6.07 Å². The van der Waals surface area contributed by atoms with E-state index in [1.54, 1.807) is 11.3 Å². The highest BCUT2D eigenvalue weighted by atomic mass is 32.1. The van der Waals surface area contributed by atoms with E-state index in [2.05, 4.69) is 215 Å². The van der Waals surface area contributed by atoms with Crippen molar-refractivity contribution in [1.82, 2.24) is 24.1 Å². The molecule has 0 saturated carbocycles. The molecule has 7 heteroatoms. The summed E-state index contributed by atoms with van der Waals surface area (Å²) in [5.74, 6) is 1.68. The molecule has 0 saturated heterocycles. The van der Waals surface area contributed by atoms with Crippen LogP contribution in [0.4, 0.5) is 0 Å². The average molecular weight is 910 g/mol. The van der Waals surface area contributed by atoms with Crippen LogP contribution in [0.15, 0.2) is 217 Å². The van der Waals surface area contributed by atoms with E-state index in [-0.39, 0.29) is 0 Å². The smallest absolute Gasteiger partial charge is 0.238 e. The van der Waals surface area contributed by atoms with E-state index in [0.717, 1.165) is 82.2 Å². The molecule has 0 bridgehead atoms. The zero-order valence-corrected chi connectivity index (χ0v) is 38.1. The average Bonchev–Trinajstić information content (AvgIpc) is 4.18. The fraction of sp³-hybridized carbons (Fsp3) is 0. The van der Waals surface area contributed by atoms with Crippen molar-refractivity contribution in [2.45, 2.75) is 0 Å². The molecular formula is C63H35N5OS. The molecule has 324 valence electrons. The molecule has 0 aliphatic heterocycles. The molecule has 16 rings (SSSR count). The van der Waals surface area contributed by atoms with E-state index in [4.69, 9.17) is 19.4 Å². The Morgan fingerprint density at radius 2 is 1.00 bits per heavy atom. The van der Waals surface area contributed by atoms with Crippen LogP contribution in [0.1, 0.15) is 0 Å². The van der Waals surface area contributed by atoms with Gasteiger partial charge in [-0.25, -0.2) is 4.98 Å². The number of furan rings is 1. The van der Waals surface area contributed by atoms with Gasteiger partial charge < -0.3 is 8.98 Å². The predicted octanol–water partition coefficient (Wildman–Crippen LogP) is 17.1. The van der Waals surface area contributed by atoms with E-state index in [9.17, 15) is 0 Å². The van der Waals surface area contributed by atoms with Gasteiger partial charge in [-0.2, -0.15) is 9.97 Å². The Bertz CT molecular complexity index is 4860. The first-order valence-electron chi connectivity index (χ1n) is 23.6. The minimum atomic E-state index is 0.536. The lowest BCUT2D eigenvalue weighted by atomic mass is 9.99. The van der Waals surface area contributed by atoms with Gasteiger partial charge >= 0.3 is 0 Å². The van der Waals surface area contributed by atoms with Gasteiger partial charge in [0.2, 0.25) is 5.95 Å². The molecule has 6 nitrogen and oxygen atoms in total. The highest BCUT2D eigenvalue weighted by Gasteiger charge is 2.25. The van der Waals surface area contributed by atoms with Crippen LogP contribution >= 0.6 is 11.3 Å². The number of aromatic nitrogens is 5. The normalized spacial score (nSPS) is 12.3. The summed E-state index contributed by atoms with van der Waals surface area (Å²) in [6.45, 7) is 0. The summed E-state index contributed by atoms with van der Waals surface area (Å²) in [6, 6.07) is 76.1. The fourth-order valence-corrected chi connectivity index (χ4v) is 12.6. The minimum absolute atomic E-state index is 0.536. The van der Waals surface area contributed by atoms with Crippen molar-refractivity contribution in [1.29, 1.82) is 0 Å². The second-order valence-electron chi connectivity index (χ2n) is 18.3. The molecule has 5 aromatic heterocycles. The Hall–Kier alpha value is -9.17. The van der Waals surface area contributed by atoms with Crippen LogP contribution in [0.2, 0.25) is 0 Å². The summed E-state index contributed by atoms with van der Waals surface area (Å²) >= 11 is 1.79. The lowest BCUT2D eigenvalue weighted by Crippen LogP contribution is -2.06. The van der Waals surface area contributed by atoms with Crippen LogP contribution in [0.25, 0.3) is 152 Å². The van der Waals surface area contributed by atoms with Gasteiger partial charge in [-0.3, -0.25) is 4.57 Å². The van der Waals surface area contributed by atoms with Gasteiger partial charge in [0.25, 0.3) is 0 Å². The van der Waals surface area contributed by atoms with E-state index in [1.165, 1.54) is 52.6 Å². The van der Waals surface area contributed by atoms with Gasteiger partial charge in [0.05, 0.1) is 27.6 Å². The Morgan fingerprint density at radius 3 is 1.81 bits per heavy atom. The molecule has 0 aliphatic rings. The largest absolute Gasteiger partial charge is 0.455 e. The zero-order valence-electron chi connectivity index (χ0n) is 37.3. The summed E-state index contributed by atoms with van der Waals surface area (Å²) in [4.78, 5) is 16.4. The number of fused-ring (bicyclic) bond motifs is 17. The summed E-state index contributed by atoms with van der Waals surface area (Å²) < 4.78 is 14.1. The molecule has 70 heavy (non-hydrogen) atoms. The lowest BCUT2D eigenvalue weighted by molar-refractivity contribution is 0.669. The number of para-hydroxylation sites is 3. The van der Waals surface area contributed by atoms with Gasteiger partial charge in [-0.05, 0) is 87.6 Å². The molecule has 0 spiro atoms. The van der Waals surface area contributed by atoms with Crippen molar-refractivity contribution < 1.29 is 4.42 Å². The first-order valence-corrected chi connectivity index (χ1v) is 24.4. The van der Waals surface area contributed by atoms with Crippen LogP contribution in [-0.4, -0.2) is 24.1 Å². The van der Waals surface area contributed by atoms with Gasteiger partial charge in [-0.1, -0.05) is 152 Å². The second kappa shape index (κ2) is 14.2. The summed E-state index contributed by atoms with van der Waals surface area (Å²) in [7, 11) is 0. The maximum atomic E-state index is 7.04. The number of hydrogen-bond acceptors (Lipinski definition) is 5. The zero-order chi connectivity index (χ0) is 45.6. The highest BCUT2D eigenvalue weighted by molar-refractivity contribution is 7.25. The molecule has 0 amide bonds. The molecule has 0 atom stereocenters. The predicted molar refractivity (Wildman–Crippen MR) is 292 cm³/mol. The monoisotopic (exact) mass is 909 g/mol. The van der Waals surface area contributed by atoms with Crippen LogP contribution in [0.5, 0.6) is 0 Å². The fourth-order valence-electron chi connectivity index (χ4n) is 11.5. The third kappa shape index (κ3) is 5.29. The highest BCUT2D eigenvalue weighted by Crippen LogP contribution is 2.45. The minimum Gasteiger partial charge on any atom is -0.455 e. The maximum Gasteiger partial charge on any atom is 0.238 e. The topological polar surface area (TPSA) is 61.7 Å². The second-order valence-corrected chi connectivity index (χ2v) is 19.4. The Morgan fingerprint density at radius 1 is 0.357 bits per heavy atom. The molecular weight excluding hydrogens is 875 g/mol. The number of hydrogen-bond donors (Lipinski definition) is 0. The third-order valence-electron chi connectivity index (χ3n) is 14.5. The number of benzene rings is 11. The summed E-state index contributed by atoms with van der Waals surface area (Å²) in [5.41, 5.74) is 8.77. The Balaban J connectivity index is 1.00. The van der Waals surface area contributed by atoms with E-state index < -0.39 is 0 Å². The van der Waals surface area contributed by atoms with Crippen LogP contribution < -0.4 is 0 Å². The third-order valence-corrected chi connectivity index (χ3v) is 15.6. The SMILES string of the molecule is c1ccc2cc3c(cc2c1)c1ccc2ccccc2c1n3-c1ccc2cc(-c3nc(-c4cccc5sc6ccccc6c45)nc(-n4c5ccccc5c5ccccc54)n3)c3oc4ccccc4c3c2c1. The van der Waals surface area contributed by atoms with Gasteiger partial charge in [0.15, 0.2) is 11.6 Å². The Kier molecular flexibility index (Phi) is 7.67. The molecule has 11 aromatic carbocycles. The molecule has 0 fully saturated rings. The van der Waals surface area contributed by atoms with Crippen molar-refractivity contribution in [2.75, 3.05) is 0 Å². The van der Waals surface area contributed by atoms with Gasteiger partial charge in [-0.15, -0.1) is 11.3 Å². The van der Waals surface area contributed by atoms with Crippen LogP contribution in [0, 0.1) is 0 Å². The molecule has 0 aliphatic carbocycles. The van der Waals surface area contributed by atoms with Gasteiger partial charge in [0.1, 0.15) is 11.2 Å². The number of rotatable bonds is 4. The Labute approximate surface area is 402 Å². The number of thiophene rings is 1. The van der Waals surface area contributed by atoms with Crippen molar-refractivity contribution in [3.05, 3.63) is 212 Å². The summed E-state index contributed by atoms with van der Waals surface area (Å²) in [6.07, 6.45) is 0. The summed E-state index contributed by atoms with van der Waals surface area (Å²) in [5, 5.41) is 16.1. The van der Waals surface area contributed by atoms with Gasteiger partial charge in [0, 0.05) is 69.1 Å². The van der Waals surface area contributed by atoms with Crippen LogP contribution in [0.3, 0.4) is 0 Å². The first kappa shape index (κ1) is 37.9. The van der Waals surface area contributed by atoms with Crippen molar-refractivity contribution in [3.63, 3.8) is 0 Å². The van der Waals surface area contributed by atoms with Crippen molar-refractivity contribution in [3.8, 4) is 34.4 Å². The van der Waals surface area contributed by atoms with Crippen LogP contribution in [-0.2, 0) is 0 Å². The molecule has 0 radical (unpaired) electrons. The standard InChI is InChI=1S/C63H35N5OS/c1-2-16-38-34-53-49(32-37(38)15-1)44-31-29-36-14-3-4-17-41(36)59(44)67(53)40-30-28-39-33-50(60-58(48(39)35-40)45-20-7-11-25-54(45)69-60)62-64-61(47-22-13-27-56-57(47)46-21-8-12-26-55(46)70-56)65-63(66-62)68-51-23-9-5-18-42(51)43-19-6-10-24-52(43)68/h1-35H. The molecule has 0 unspecified atom stereocenters. The van der Waals surface area contributed by atoms with Crippen molar-refractivity contribution in [2.24, 2.45) is 0 Å². The molecule has 5 heterocycles. The van der Waals surface area contributed by atoms with E-state index in [0.29, 0.717) is 17.6 Å². The first-order chi connectivity index (χ1) is 34.7. The molecule has 16 aromatic rings. The van der Waals surface area contributed by atoms with Crippen molar-refractivity contribution >= 4 is 129 Å². The maximum absolute atomic E-state index is 7.04. The lowest BCUT2D eigenvalue weighted by Gasteiger charge is -2.14. The van der Waals surface area contributed by atoms with E-state index >= 15 is 0 Å². The molecule has 0 N–H and O–H groups in total. The quantitative estimate of drug-likeness (QED) is 0.176.